The quantitative estimate of drug-likeness (QED) is 0.196. The largest absolute Gasteiger partial charge is 0.872 e. The summed E-state index contributed by atoms with van der Waals surface area (Å²) in [6, 6.07) is 20.4. The summed E-state index contributed by atoms with van der Waals surface area (Å²) in [5.74, 6) is -0.256. The third-order valence-electron chi connectivity index (χ3n) is 11.8. The molecule has 2 aliphatic carbocycles. The Morgan fingerprint density at radius 2 is 1.24 bits per heavy atom. The molecule has 20 nitrogen and oxygen atoms in total. The summed E-state index contributed by atoms with van der Waals surface area (Å²) >= 11 is 0. The average Bonchev–Trinajstić information content (AvgIpc) is 3.94. The second kappa shape index (κ2) is 20.3. The van der Waals surface area contributed by atoms with Crippen LogP contribution in [0, 0.1) is 0 Å². The second-order valence-electron chi connectivity index (χ2n) is 16.9. The molecule has 1 N–H and O–H groups in total. The smallest absolute Gasteiger partial charge is 0.322 e. The van der Waals surface area contributed by atoms with Gasteiger partial charge < -0.3 is 24.1 Å². The molecule has 364 valence electrons. The van der Waals surface area contributed by atoms with Crippen molar-refractivity contribution < 1.29 is 40.9 Å². The molecule has 0 radical (unpaired) electrons. The standard InChI is InChI=1S/2C24H25N5O5S/c2*1-28-13-18(12-26-28)17-9-22-23(25-11-17)6-4-16-3-5-19(10-21(16)24(22)30)27-35(31,32)29(2)14-20-15-33-7-8-34-20/h3-6,9-13,20,30H,7-8,14-15H2,1-2H3;3-6,9-13,20,27H,7-8,14-15H2,1-2H3/p-1/t2*20-/m11/s1. The normalized spacial score (nSPS) is 17.1. The molecular weight excluding hydrogens is 941 g/mol. The van der Waals surface area contributed by atoms with Crippen LogP contribution in [0.5, 0.6) is 5.75 Å². The van der Waals surface area contributed by atoms with Crippen LogP contribution in [0.1, 0.15) is 0 Å². The van der Waals surface area contributed by atoms with E-state index in [0.29, 0.717) is 83.3 Å². The molecule has 6 aromatic rings. The summed E-state index contributed by atoms with van der Waals surface area (Å²) in [7, 11) is -1.32. The molecule has 22 heteroatoms. The number of hydrogen-bond acceptors (Lipinski definition) is 14. The zero-order valence-electron chi connectivity index (χ0n) is 38.6. The lowest BCUT2D eigenvalue weighted by Crippen LogP contribution is -2.42. The van der Waals surface area contributed by atoms with E-state index in [9.17, 15) is 26.7 Å². The topological polar surface area (TPSA) is 238 Å². The van der Waals surface area contributed by atoms with Gasteiger partial charge in [-0.05, 0) is 70.4 Å². The van der Waals surface area contributed by atoms with Crippen LogP contribution in [-0.4, -0.2) is 134 Å². The highest BCUT2D eigenvalue weighted by atomic mass is 32.2. The molecule has 2 atom stereocenters. The van der Waals surface area contributed by atoms with Crippen molar-refractivity contribution in [1.82, 2.24) is 38.1 Å². The van der Waals surface area contributed by atoms with Crippen LogP contribution in [0.25, 0.3) is 66.0 Å². The SMILES string of the molecule is CN(C[C@@H]1COCCO1)S(=O)(=O)N=c1ccc2ccc3ncc(-c4cnn(C)c4)cc3c([O-])c-2c1.CN(C[C@@H]1COCCO1)S(=O)(=O)Nc1ccc2ccc3ncc(-c4cnn(C)c4)cc3c(=O)c2c1. The average molecular weight is 990 g/mol. The van der Waals surface area contributed by atoms with Gasteiger partial charge in [-0.3, -0.25) is 28.8 Å². The minimum atomic E-state index is -3.99. The van der Waals surface area contributed by atoms with Gasteiger partial charge in [0.15, 0.2) is 5.43 Å². The summed E-state index contributed by atoms with van der Waals surface area (Å²) in [5.41, 5.74) is 5.39. The molecule has 6 heterocycles. The Hall–Kier alpha value is -6.76. The van der Waals surface area contributed by atoms with Gasteiger partial charge in [0.05, 0.1) is 86.3 Å². The van der Waals surface area contributed by atoms with Crippen LogP contribution in [0.2, 0.25) is 0 Å². The fraction of sp³-hybridized carbons (Fsp3) is 0.292. The Morgan fingerprint density at radius 1 is 0.671 bits per heavy atom. The number of fused-ring (bicyclic) bond motifs is 4. The zero-order chi connectivity index (χ0) is 49.2. The highest BCUT2D eigenvalue weighted by Crippen LogP contribution is 2.34. The van der Waals surface area contributed by atoms with Gasteiger partial charge >= 0.3 is 20.4 Å². The van der Waals surface area contributed by atoms with E-state index in [0.717, 1.165) is 26.6 Å². The van der Waals surface area contributed by atoms with Crippen LogP contribution in [0.15, 0.2) is 119 Å². The highest BCUT2D eigenvalue weighted by Gasteiger charge is 2.25. The van der Waals surface area contributed by atoms with E-state index < -0.39 is 20.4 Å². The number of benzene rings is 2. The van der Waals surface area contributed by atoms with Gasteiger partial charge in [-0.25, -0.2) is 0 Å². The molecule has 2 aromatic carbocycles. The third kappa shape index (κ3) is 10.8. The maximum Gasteiger partial charge on any atom is 0.322 e. The van der Waals surface area contributed by atoms with Crippen LogP contribution >= 0.6 is 0 Å². The summed E-state index contributed by atoms with van der Waals surface area (Å²) in [4.78, 5) is 22.5. The fourth-order valence-electron chi connectivity index (χ4n) is 8.05. The third-order valence-corrected chi connectivity index (χ3v) is 14.6. The number of aryl methyl sites for hydroxylation is 2. The van der Waals surface area contributed by atoms with Gasteiger partial charge in [-0.1, -0.05) is 30.0 Å². The summed E-state index contributed by atoms with van der Waals surface area (Å²) < 4.78 is 85.4. The number of pyridine rings is 2. The molecule has 0 saturated carbocycles. The maximum absolute atomic E-state index is 13.5. The number of aromatic nitrogens is 6. The van der Waals surface area contributed by atoms with Crippen molar-refractivity contribution in [1.29, 1.82) is 0 Å². The molecule has 2 saturated heterocycles. The Kier molecular flexibility index (Phi) is 14.0. The fourth-order valence-corrected chi connectivity index (χ4v) is 9.87. The monoisotopic (exact) mass is 989 g/mol. The first-order valence-electron chi connectivity index (χ1n) is 22.1. The number of likely N-dealkylation sites (N-methyl/N-ethyl adjacent to an activating group) is 2. The van der Waals surface area contributed by atoms with Gasteiger partial charge in [0.2, 0.25) is 0 Å². The van der Waals surface area contributed by atoms with Crippen LogP contribution in [0.4, 0.5) is 5.69 Å². The van der Waals surface area contributed by atoms with Crippen LogP contribution in [0.3, 0.4) is 0 Å². The Balaban J connectivity index is 0.000000174. The summed E-state index contributed by atoms with van der Waals surface area (Å²) in [5, 5.41) is 23.9. The van der Waals surface area contributed by atoms with Crippen molar-refractivity contribution in [3.8, 4) is 39.1 Å². The molecule has 4 aromatic heterocycles. The van der Waals surface area contributed by atoms with E-state index >= 15 is 0 Å². The Morgan fingerprint density at radius 3 is 1.84 bits per heavy atom. The number of ether oxygens (including phenoxy) is 4. The lowest BCUT2D eigenvalue weighted by Gasteiger charge is -2.27. The van der Waals surface area contributed by atoms with E-state index in [-0.39, 0.29) is 47.5 Å². The predicted octanol–water partition coefficient (Wildman–Crippen LogP) is 3.46. The minimum Gasteiger partial charge on any atom is -0.872 e. The first-order chi connectivity index (χ1) is 33.6. The van der Waals surface area contributed by atoms with Gasteiger partial charge in [0, 0.05) is 99.1 Å². The molecule has 0 amide bonds. The van der Waals surface area contributed by atoms with Crippen molar-refractivity contribution >= 4 is 58.7 Å². The molecule has 0 bridgehead atoms. The zero-order valence-corrected chi connectivity index (χ0v) is 40.3. The minimum absolute atomic E-state index is 0.120. The molecule has 0 unspecified atom stereocenters. The summed E-state index contributed by atoms with van der Waals surface area (Å²) in [6.07, 6.45) is 9.84. The molecule has 2 fully saturated rings. The number of rotatable bonds is 11. The van der Waals surface area contributed by atoms with E-state index in [2.05, 4.69) is 29.3 Å². The molecule has 70 heavy (non-hydrogen) atoms. The van der Waals surface area contributed by atoms with Crippen molar-refractivity contribution in [3.05, 3.63) is 126 Å². The van der Waals surface area contributed by atoms with E-state index in [1.54, 1.807) is 101 Å². The van der Waals surface area contributed by atoms with Gasteiger partial charge in [-0.2, -0.15) is 40.0 Å². The number of nitrogens with zero attached hydrogens (tertiary/aromatic N) is 9. The van der Waals surface area contributed by atoms with Crippen molar-refractivity contribution in [2.75, 3.05) is 71.5 Å². The van der Waals surface area contributed by atoms with E-state index in [1.807, 2.05) is 26.5 Å². The second-order valence-corrected chi connectivity index (χ2v) is 20.4. The molecule has 4 aliphatic rings. The number of nitrogens with one attached hydrogen (secondary N) is 1. The van der Waals surface area contributed by atoms with Crippen molar-refractivity contribution in [3.63, 3.8) is 0 Å². The lowest BCUT2D eigenvalue weighted by molar-refractivity contribution is -0.264. The van der Waals surface area contributed by atoms with Crippen LogP contribution < -0.4 is 20.6 Å². The molecule has 2 aliphatic heterocycles. The molecule has 10 rings (SSSR count). The van der Waals surface area contributed by atoms with Crippen molar-refractivity contribution in [2.24, 2.45) is 18.5 Å². The molecule has 0 spiro atoms. The van der Waals surface area contributed by atoms with Gasteiger partial charge in [0.1, 0.15) is 0 Å². The van der Waals surface area contributed by atoms with E-state index in [1.165, 1.54) is 24.5 Å². The van der Waals surface area contributed by atoms with Crippen molar-refractivity contribution in [2.45, 2.75) is 12.2 Å². The van der Waals surface area contributed by atoms with E-state index in [4.69, 9.17) is 18.9 Å². The number of hydrogen-bond donors (Lipinski definition) is 1. The Labute approximate surface area is 403 Å². The molecular formula is C48H49N10O10S2-. The van der Waals surface area contributed by atoms with Crippen LogP contribution in [-0.2, 0) is 53.5 Å². The lowest BCUT2D eigenvalue weighted by atomic mass is 10.0. The predicted molar refractivity (Wildman–Crippen MR) is 261 cm³/mol. The number of anilines is 1. The first-order valence-corrected chi connectivity index (χ1v) is 25.0. The van der Waals surface area contributed by atoms with Gasteiger partial charge in [-0.15, -0.1) is 0 Å². The highest BCUT2D eigenvalue weighted by molar-refractivity contribution is 7.90. The first kappa shape index (κ1) is 48.3. The van der Waals surface area contributed by atoms with Gasteiger partial charge in [0.25, 0.3) is 0 Å². The summed E-state index contributed by atoms with van der Waals surface area (Å²) in [6.45, 7) is 2.80. The maximum atomic E-state index is 13.5. The Bertz CT molecular complexity index is 3560.